The Bertz CT molecular complexity index is 693. The van der Waals surface area contributed by atoms with Gasteiger partial charge in [-0.2, -0.15) is 0 Å². The molecule has 2 fully saturated rings. The van der Waals surface area contributed by atoms with Crippen LogP contribution in [0.4, 0.5) is 4.39 Å². The molecule has 1 N–H and O–H groups in total. The van der Waals surface area contributed by atoms with E-state index in [0.717, 1.165) is 76.8 Å². The summed E-state index contributed by atoms with van der Waals surface area (Å²) in [5.74, 6) is 0.878. The standard InChI is InChI=1S/C21H33FN4O3.HI/c1-23-20(24-16-21(28-3)6-12-29-13-7-21)26-10-8-25(9-11-26)15-17-4-5-19(27-2)18(22)14-17;/h4-5,14H,6-13,15-16H2,1-3H3,(H,23,24);1H. The van der Waals surface area contributed by atoms with Gasteiger partial charge in [0.25, 0.3) is 0 Å². The van der Waals surface area contributed by atoms with Crippen molar-refractivity contribution in [3.8, 4) is 5.75 Å². The molecule has 3 rings (SSSR count). The number of rotatable bonds is 6. The maximum atomic E-state index is 13.9. The monoisotopic (exact) mass is 536 g/mol. The predicted molar refractivity (Wildman–Crippen MR) is 126 cm³/mol. The Balaban J connectivity index is 0.00000320. The van der Waals surface area contributed by atoms with E-state index in [-0.39, 0.29) is 41.1 Å². The van der Waals surface area contributed by atoms with Crippen LogP contribution in [-0.4, -0.2) is 88.6 Å². The van der Waals surface area contributed by atoms with Crippen LogP contribution in [0.25, 0.3) is 0 Å². The third-order valence-electron chi connectivity index (χ3n) is 5.91. The lowest BCUT2D eigenvalue weighted by Crippen LogP contribution is -2.55. The van der Waals surface area contributed by atoms with Crippen LogP contribution in [0, 0.1) is 5.82 Å². The topological polar surface area (TPSA) is 58.6 Å². The average molecular weight is 536 g/mol. The summed E-state index contributed by atoms with van der Waals surface area (Å²) in [7, 11) is 5.07. The molecule has 0 aliphatic carbocycles. The number of nitrogens with zero attached hydrogens (tertiary/aromatic N) is 3. The first kappa shape index (κ1) is 25.1. The van der Waals surface area contributed by atoms with Crippen molar-refractivity contribution in [1.29, 1.82) is 0 Å². The number of hydrogen-bond acceptors (Lipinski definition) is 5. The number of piperazine rings is 1. The number of methoxy groups -OCH3 is 2. The highest BCUT2D eigenvalue weighted by atomic mass is 127. The van der Waals surface area contributed by atoms with Crippen LogP contribution in [0.1, 0.15) is 18.4 Å². The normalized spacial score (nSPS) is 19.9. The summed E-state index contributed by atoms with van der Waals surface area (Å²) in [6, 6.07) is 5.17. The van der Waals surface area contributed by atoms with Gasteiger partial charge in [0.1, 0.15) is 0 Å². The summed E-state index contributed by atoms with van der Waals surface area (Å²) >= 11 is 0. The summed E-state index contributed by atoms with van der Waals surface area (Å²) in [5.41, 5.74) is 0.773. The van der Waals surface area contributed by atoms with Crippen LogP contribution < -0.4 is 10.1 Å². The maximum Gasteiger partial charge on any atom is 0.193 e. The lowest BCUT2D eigenvalue weighted by atomic mass is 9.94. The third kappa shape index (κ3) is 6.41. The van der Waals surface area contributed by atoms with Gasteiger partial charge in [0.15, 0.2) is 17.5 Å². The quantitative estimate of drug-likeness (QED) is 0.343. The second-order valence-corrected chi connectivity index (χ2v) is 7.63. The number of nitrogens with one attached hydrogen (secondary N) is 1. The predicted octanol–water partition coefficient (Wildman–Crippen LogP) is 2.34. The lowest BCUT2D eigenvalue weighted by molar-refractivity contribution is -0.0858. The lowest BCUT2D eigenvalue weighted by Gasteiger charge is -2.39. The molecule has 0 bridgehead atoms. The number of halogens is 2. The van der Waals surface area contributed by atoms with E-state index in [1.54, 1.807) is 19.2 Å². The number of ether oxygens (including phenoxy) is 3. The minimum absolute atomic E-state index is 0. The first-order valence-corrected chi connectivity index (χ1v) is 10.2. The molecule has 0 unspecified atom stereocenters. The number of aliphatic imine (C=N–C) groups is 1. The van der Waals surface area contributed by atoms with E-state index >= 15 is 0 Å². The molecule has 2 heterocycles. The molecule has 0 saturated carbocycles. The zero-order valence-electron chi connectivity index (χ0n) is 18.2. The second kappa shape index (κ2) is 12.0. The second-order valence-electron chi connectivity index (χ2n) is 7.63. The first-order chi connectivity index (χ1) is 14.1. The summed E-state index contributed by atoms with van der Waals surface area (Å²) in [6.45, 7) is 6.48. The first-order valence-electron chi connectivity index (χ1n) is 10.2. The van der Waals surface area contributed by atoms with Crippen molar-refractivity contribution in [3.63, 3.8) is 0 Å². The van der Waals surface area contributed by atoms with Gasteiger partial charge < -0.3 is 24.4 Å². The Kier molecular flexibility index (Phi) is 10.1. The van der Waals surface area contributed by atoms with Gasteiger partial charge in [0.05, 0.1) is 12.7 Å². The van der Waals surface area contributed by atoms with Gasteiger partial charge in [0.2, 0.25) is 0 Å². The van der Waals surface area contributed by atoms with Crippen molar-refractivity contribution >= 4 is 29.9 Å². The number of guanidine groups is 1. The summed E-state index contributed by atoms with van der Waals surface area (Å²) in [4.78, 5) is 9.07. The Morgan fingerprint density at radius 1 is 1.20 bits per heavy atom. The highest BCUT2D eigenvalue weighted by molar-refractivity contribution is 14.0. The number of benzene rings is 1. The fraction of sp³-hybridized carbons (Fsp3) is 0.667. The van der Waals surface area contributed by atoms with Gasteiger partial charge in [-0.3, -0.25) is 9.89 Å². The zero-order valence-corrected chi connectivity index (χ0v) is 20.5. The van der Waals surface area contributed by atoms with Crippen LogP contribution in [0.5, 0.6) is 5.75 Å². The Hall–Kier alpha value is -1.17. The van der Waals surface area contributed by atoms with E-state index < -0.39 is 0 Å². The van der Waals surface area contributed by atoms with E-state index in [1.807, 2.05) is 13.1 Å². The molecule has 9 heteroatoms. The Labute approximate surface area is 196 Å². The summed E-state index contributed by atoms with van der Waals surface area (Å²) in [6.07, 6.45) is 1.78. The van der Waals surface area contributed by atoms with E-state index in [4.69, 9.17) is 14.2 Å². The van der Waals surface area contributed by atoms with E-state index in [9.17, 15) is 4.39 Å². The van der Waals surface area contributed by atoms with Crippen molar-refractivity contribution in [1.82, 2.24) is 15.1 Å². The maximum absolute atomic E-state index is 13.9. The molecule has 30 heavy (non-hydrogen) atoms. The van der Waals surface area contributed by atoms with Gasteiger partial charge >= 0.3 is 0 Å². The van der Waals surface area contributed by atoms with Crippen molar-refractivity contribution in [2.24, 2.45) is 4.99 Å². The van der Waals surface area contributed by atoms with Crippen molar-refractivity contribution in [2.45, 2.75) is 25.0 Å². The zero-order chi connectivity index (χ0) is 20.7. The molecule has 0 radical (unpaired) electrons. The fourth-order valence-corrected chi connectivity index (χ4v) is 3.95. The molecule has 0 aromatic heterocycles. The molecular weight excluding hydrogens is 502 g/mol. The van der Waals surface area contributed by atoms with Crippen LogP contribution in [-0.2, 0) is 16.0 Å². The molecule has 0 amide bonds. The molecule has 2 saturated heterocycles. The minimum atomic E-state index is -0.312. The SMILES string of the molecule is CN=C(NCC1(OC)CCOCC1)N1CCN(Cc2ccc(OC)c(F)c2)CC1.I. The van der Waals surface area contributed by atoms with Crippen LogP contribution in [0.15, 0.2) is 23.2 Å². The van der Waals surface area contributed by atoms with Crippen LogP contribution in [0.3, 0.4) is 0 Å². The molecule has 1 aromatic rings. The molecule has 0 spiro atoms. The minimum Gasteiger partial charge on any atom is -0.494 e. The van der Waals surface area contributed by atoms with Crippen LogP contribution >= 0.6 is 24.0 Å². The van der Waals surface area contributed by atoms with Gasteiger partial charge in [-0.05, 0) is 17.7 Å². The Morgan fingerprint density at radius 2 is 1.90 bits per heavy atom. The van der Waals surface area contributed by atoms with Gasteiger partial charge in [-0.1, -0.05) is 6.07 Å². The average Bonchev–Trinajstić information content (AvgIpc) is 2.76. The Morgan fingerprint density at radius 3 is 2.47 bits per heavy atom. The van der Waals surface area contributed by atoms with Crippen molar-refractivity contribution < 1.29 is 18.6 Å². The largest absolute Gasteiger partial charge is 0.494 e. The smallest absolute Gasteiger partial charge is 0.193 e. The van der Waals surface area contributed by atoms with Crippen LogP contribution in [0.2, 0.25) is 0 Å². The molecule has 2 aliphatic heterocycles. The van der Waals surface area contributed by atoms with E-state index in [1.165, 1.54) is 7.11 Å². The molecule has 2 aliphatic rings. The summed E-state index contributed by atoms with van der Waals surface area (Å²) in [5, 5.41) is 3.50. The number of hydrogen-bond donors (Lipinski definition) is 1. The fourth-order valence-electron chi connectivity index (χ4n) is 3.95. The van der Waals surface area contributed by atoms with E-state index in [2.05, 4.69) is 20.1 Å². The van der Waals surface area contributed by atoms with Crippen molar-refractivity contribution in [2.75, 3.05) is 67.2 Å². The molecule has 7 nitrogen and oxygen atoms in total. The molecule has 170 valence electrons. The summed E-state index contributed by atoms with van der Waals surface area (Å²) < 4.78 is 30.2. The molecule has 1 aromatic carbocycles. The highest BCUT2D eigenvalue weighted by Crippen LogP contribution is 2.24. The van der Waals surface area contributed by atoms with Gasteiger partial charge in [-0.15, -0.1) is 24.0 Å². The third-order valence-corrected chi connectivity index (χ3v) is 5.91. The highest BCUT2D eigenvalue weighted by Gasteiger charge is 2.33. The molecule has 0 atom stereocenters. The molecular formula is C21H34FIN4O3. The van der Waals surface area contributed by atoms with E-state index in [0.29, 0.717) is 0 Å². The van der Waals surface area contributed by atoms with Crippen molar-refractivity contribution in [3.05, 3.63) is 29.6 Å². The van der Waals surface area contributed by atoms with Gasteiger partial charge in [-0.25, -0.2) is 4.39 Å². The van der Waals surface area contributed by atoms with Gasteiger partial charge in [0, 0.05) is 79.5 Å².